The number of aryl methyl sites for hydroxylation is 1. The second kappa shape index (κ2) is 3.81. The number of esters is 1. The van der Waals surface area contributed by atoms with Crippen molar-refractivity contribution in [1.29, 1.82) is 0 Å². The van der Waals surface area contributed by atoms with Gasteiger partial charge in [-0.15, -0.1) is 0 Å². The molecule has 2 aromatic rings. The predicted molar refractivity (Wildman–Crippen MR) is 62.2 cm³/mol. The zero-order valence-corrected chi connectivity index (χ0v) is 9.15. The molecule has 2 N–H and O–H groups in total. The number of benzene rings is 1. The number of carbonyl (C=O) groups is 1. The van der Waals surface area contributed by atoms with E-state index >= 15 is 0 Å². The number of hydrogen-bond donors (Lipinski definition) is 1. The van der Waals surface area contributed by atoms with Crippen LogP contribution in [0.25, 0.3) is 10.9 Å². The van der Waals surface area contributed by atoms with E-state index in [0.717, 1.165) is 16.5 Å². The number of nitrogens with two attached hydrogens (primary N) is 1. The Labute approximate surface area is 93.0 Å². The minimum Gasteiger partial charge on any atom is -0.465 e. The van der Waals surface area contributed by atoms with E-state index in [1.54, 1.807) is 6.07 Å². The first kappa shape index (κ1) is 10.4. The molecule has 0 amide bonds. The van der Waals surface area contributed by atoms with Gasteiger partial charge in [-0.1, -0.05) is 18.2 Å². The molecule has 1 aromatic carbocycles. The molecule has 0 unspecified atom stereocenters. The molecule has 0 bridgehead atoms. The van der Waals surface area contributed by atoms with E-state index in [9.17, 15) is 4.79 Å². The molecule has 0 saturated heterocycles. The SMILES string of the molecule is COC(=O)c1cc2cccc(C)c2nc1N. The van der Waals surface area contributed by atoms with Crippen LogP contribution in [0.2, 0.25) is 0 Å². The maximum Gasteiger partial charge on any atom is 0.341 e. The Balaban J connectivity index is 2.72. The van der Waals surface area contributed by atoms with Crippen LogP contribution in [0.3, 0.4) is 0 Å². The number of methoxy groups -OCH3 is 1. The van der Waals surface area contributed by atoms with E-state index in [4.69, 9.17) is 5.73 Å². The Morgan fingerprint density at radius 2 is 2.19 bits per heavy atom. The Morgan fingerprint density at radius 1 is 1.44 bits per heavy atom. The molecule has 0 spiro atoms. The molecular formula is C12H12N2O2. The molecule has 0 saturated carbocycles. The first-order valence-corrected chi connectivity index (χ1v) is 4.87. The standard InChI is InChI=1S/C12H12N2O2/c1-7-4-3-5-8-6-9(12(15)16-2)11(13)14-10(7)8/h3-6H,1-2H3,(H2,13,14). The monoisotopic (exact) mass is 216 g/mol. The van der Waals surface area contributed by atoms with E-state index in [0.29, 0.717) is 5.56 Å². The number of para-hydroxylation sites is 1. The lowest BCUT2D eigenvalue weighted by Gasteiger charge is -2.06. The molecule has 0 atom stereocenters. The van der Waals surface area contributed by atoms with Gasteiger partial charge in [0.25, 0.3) is 0 Å². The van der Waals surface area contributed by atoms with E-state index < -0.39 is 5.97 Å². The maximum atomic E-state index is 11.4. The summed E-state index contributed by atoms with van der Waals surface area (Å²) < 4.78 is 4.64. The smallest absolute Gasteiger partial charge is 0.341 e. The zero-order valence-electron chi connectivity index (χ0n) is 9.15. The van der Waals surface area contributed by atoms with Gasteiger partial charge in [-0.05, 0) is 18.6 Å². The Hall–Kier alpha value is -2.10. The minimum atomic E-state index is -0.464. The highest BCUT2D eigenvalue weighted by atomic mass is 16.5. The summed E-state index contributed by atoms with van der Waals surface area (Å²) >= 11 is 0. The summed E-state index contributed by atoms with van der Waals surface area (Å²) in [5, 5.41) is 0.884. The molecule has 2 rings (SSSR count). The number of rotatable bonds is 1. The number of hydrogen-bond acceptors (Lipinski definition) is 4. The highest BCUT2D eigenvalue weighted by molar-refractivity contribution is 5.99. The summed E-state index contributed by atoms with van der Waals surface area (Å²) in [6.45, 7) is 1.95. The third-order valence-corrected chi connectivity index (χ3v) is 2.48. The number of nitrogen functional groups attached to an aromatic ring is 1. The van der Waals surface area contributed by atoms with Crippen LogP contribution >= 0.6 is 0 Å². The van der Waals surface area contributed by atoms with Crippen LogP contribution in [0.15, 0.2) is 24.3 Å². The lowest BCUT2D eigenvalue weighted by atomic mass is 10.1. The molecule has 0 aliphatic rings. The van der Waals surface area contributed by atoms with Crippen LogP contribution in [-0.4, -0.2) is 18.1 Å². The van der Waals surface area contributed by atoms with Gasteiger partial charge in [0.15, 0.2) is 0 Å². The second-order valence-corrected chi connectivity index (χ2v) is 3.56. The Morgan fingerprint density at radius 3 is 2.88 bits per heavy atom. The fourth-order valence-electron chi connectivity index (χ4n) is 1.63. The molecule has 0 aliphatic carbocycles. The van der Waals surface area contributed by atoms with Crippen molar-refractivity contribution in [2.24, 2.45) is 0 Å². The fraction of sp³-hybridized carbons (Fsp3) is 0.167. The van der Waals surface area contributed by atoms with Crippen molar-refractivity contribution in [3.8, 4) is 0 Å². The lowest BCUT2D eigenvalue weighted by molar-refractivity contribution is 0.0602. The average molecular weight is 216 g/mol. The predicted octanol–water partition coefficient (Wildman–Crippen LogP) is 1.91. The summed E-state index contributed by atoms with van der Waals surface area (Å²) in [5.41, 5.74) is 7.87. The second-order valence-electron chi connectivity index (χ2n) is 3.56. The number of carbonyl (C=O) groups excluding carboxylic acids is 1. The summed E-state index contributed by atoms with van der Waals surface area (Å²) in [6.07, 6.45) is 0. The van der Waals surface area contributed by atoms with Gasteiger partial charge in [0.2, 0.25) is 0 Å². The molecular weight excluding hydrogens is 204 g/mol. The number of anilines is 1. The number of pyridine rings is 1. The van der Waals surface area contributed by atoms with Gasteiger partial charge in [0.05, 0.1) is 12.6 Å². The first-order chi connectivity index (χ1) is 7.63. The van der Waals surface area contributed by atoms with Crippen molar-refractivity contribution in [2.75, 3.05) is 12.8 Å². The molecule has 1 heterocycles. The summed E-state index contributed by atoms with van der Waals surface area (Å²) in [6, 6.07) is 7.46. The van der Waals surface area contributed by atoms with Crippen molar-refractivity contribution in [1.82, 2.24) is 4.98 Å². The van der Waals surface area contributed by atoms with E-state index in [2.05, 4.69) is 9.72 Å². The number of aromatic nitrogens is 1. The van der Waals surface area contributed by atoms with E-state index in [1.165, 1.54) is 7.11 Å². The third kappa shape index (κ3) is 1.58. The van der Waals surface area contributed by atoms with Crippen LogP contribution in [0.1, 0.15) is 15.9 Å². The van der Waals surface area contributed by atoms with Gasteiger partial charge in [-0.25, -0.2) is 9.78 Å². The number of fused-ring (bicyclic) bond motifs is 1. The topological polar surface area (TPSA) is 65.2 Å². The van der Waals surface area contributed by atoms with Crippen molar-refractivity contribution in [3.05, 3.63) is 35.4 Å². The zero-order chi connectivity index (χ0) is 11.7. The van der Waals surface area contributed by atoms with Crippen LogP contribution in [-0.2, 0) is 4.74 Å². The number of ether oxygens (including phenoxy) is 1. The van der Waals surface area contributed by atoms with Gasteiger partial charge in [0, 0.05) is 5.39 Å². The van der Waals surface area contributed by atoms with Gasteiger partial charge in [0.1, 0.15) is 11.4 Å². The Kier molecular flexibility index (Phi) is 2.48. The van der Waals surface area contributed by atoms with Gasteiger partial charge < -0.3 is 10.5 Å². The summed E-state index contributed by atoms with van der Waals surface area (Å²) in [4.78, 5) is 15.6. The maximum absolute atomic E-state index is 11.4. The molecule has 16 heavy (non-hydrogen) atoms. The van der Waals surface area contributed by atoms with E-state index in [1.807, 2.05) is 25.1 Å². The molecule has 82 valence electrons. The van der Waals surface area contributed by atoms with Crippen molar-refractivity contribution in [2.45, 2.75) is 6.92 Å². The van der Waals surface area contributed by atoms with Gasteiger partial charge in [-0.3, -0.25) is 0 Å². The third-order valence-electron chi connectivity index (χ3n) is 2.48. The largest absolute Gasteiger partial charge is 0.465 e. The normalized spacial score (nSPS) is 10.4. The molecule has 0 aliphatic heterocycles. The molecule has 4 heteroatoms. The van der Waals surface area contributed by atoms with Crippen LogP contribution in [0.4, 0.5) is 5.82 Å². The number of nitrogens with zero attached hydrogens (tertiary/aromatic N) is 1. The van der Waals surface area contributed by atoms with Crippen LogP contribution < -0.4 is 5.73 Å². The first-order valence-electron chi connectivity index (χ1n) is 4.87. The quantitative estimate of drug-likeness (QED) is 0.739. The average Bonchev–Trinajstić information content (AvgIpc) is 2.29. The lowest BCUT2D eigenvalue weighted by Crippen LogP contribution is -2.07. The van der Waals surface area contributed by atoms with Gasteiger partial charge >= 0.3 is 5.97 Å². The molecule has 0 fully saturated rings. The van der Waals surface area contributed by atoms with Crippen LogP contribution in [0, 0.1) is 6.92 Å². The highest BCUT2D eigenvalue weighted by Crippen LogP contribution is 2.21. The molecule has 1 aromatic heterocycles. The molecule has 0 radical (unpaired) electrons. The summed E-state index contributed by atoms with van der Waals surface area (Å²) in [7, 11) is 1.32. The minimum absolute atomic E-state index is 0.202. The summed E-state index contributed by atoms with van der Waals surface area (Å²) in [5.74, 6) is -0.262. The van der Waals surface area contributed by atoms with Gasteiger partial charge in [-0.2, -0.15) is 0 Å². The van der Waals surface area contributed by atoms with Crippen molar-refractivity contribution < 1.29 is 9.53 Å². The molecule has 4 nitrogen and oxygen atoms in total. The fourth-order valence-corrected chi connectivity index (χ4v) is 1.63. The Bertz CT molecular complexity index is 564. The van der Waals surface area contributed by atoms with Crippen LogP contribution in [0.5, 0.6) is 0 Å². The van der Waals surface area contributed by atoms with Crippen molar-refractivity contribution >= 4 is 22.7 Å². The highest BCUT2D eigenvalue weighted by Gasteiger charge is 2.12. The van der Waals surface area contributed by atoms with E-state index in [-0.39, 0.29) is 5.82 Å². The van der Waals surface area contributed by atoms with Crippen molar-refractivity contribution in [3.63, 3.8) is 0 Å².